The van der Waals surface area contributed by atoms with Crippen molar-refractivity contribution in [1.29, 1.82) is 0 Å². The van der Waals surface area contributed by atoms with Gasteiger partial charge >= 0.3 is 0 Å². The molecule has 0 fully saturated rings. The number of benzene rings is 8. The van der Waals surface area contributed by atoms with E-state index in [1.54, 1.807) is 22.7 Å². The molecule has 8 aromatic carbocycles. The van der Waals surface area contributed by atoms with E-state index >= 15 is 0 Å². The van der Waals surface area contributed by atoms with Gasteiger partial charge in [-0.1, -0.05) is 146 Å². The second kappa shape index (κ2) is 39.9. The van der Waals surface area contributed by atoms with Crippen LogP contribution in [0, 0.1) is 0 Å². The fraction of sp³-hybridized carbons (Fsp3) is 0.188. The quantitative estimate of drug-likeness (QED) is 0.0664. The normalized spacial score (nSPS) is 10.5. The van der Waals surface area contributed by atoms with Gasteiger partial charge in [0.15, 0.2) is 22.4 Å². The van der Waals surface area contributed by atoms with Gasteiger partial charge in [0.25, 0.3) is 0 Å². The maximum Gasteiger partial charge on any atom is 0.195 e. The van der Waals surface area contributed by atoms with Gasteiger partial charge in [0.2, 0.25) is 0 Å². The molecule has 10 aromatic rings. The molecular weight excluding hydrogens is 1020 g/mol. The Labute approximate surface area is 464 Å². The molecule has 8 N–H and O–H groups in total. The number of ketones is 2. The van der Waals surface area contributed by atoms with Gasteiger partial charge in [0, 0.05) is 119 Å². The lowest BCUT2D eigenvalue weighted by atomic mass is 9.99. The molecule has 412 valence electrons. The molecule has 0 radical (unpaired) electrons. The van der Waals surface area contributed by atoms with Gasteiger partial charge in [-0.3, -0.25) is 19.2 Å². The number of hydrogen-bond donors (Lipinski definition) is 8. The summed E-state index contributed by atoms with van der Waals surface area (Å²) in [6, 6.07) is 62.7. The number of carbonyl (C=O) groups is 2. The summed E-state index contributed by atoms with van der Waals surface area (Å²) in [5.41, 5.74) is 8.43. The van der Waals surface area contributed by atoms with Crippen molar-refractivity contribution >= 4 is 74.6 Å². The number of aryl methyl sites for hydroxylation is 4. The highest BCUT2D eigenvalue weighted by Crippen LogP contribution is 2.27. The van der Waals surface area contributed by atoms with Gasteiger partial charge in [-0.05, 0) is 96.5 Å². The third-order valence-electron chi connectivity index (χ3n) is 11.3. The van der Waals surface area contributed by atoms with Crippen molar-refractivity contribution in [3.05, 3.63) is 259 Å². The number of aliphatic hydroxyl groups is 8. The van der Waals surface area contributed by atoms with Crippen LogP contribution in [0.5, 0.6) is 0 Å². The highest BCUT2D eigenvalue weighted by Gasteiger charge is 2.21. The predicted octanol–water partition coefficient (Wildman–Crippen LogP) is 9.73. The van der Waals surface area contributed by atoms with Crippen molar-refractivity contribution in [1.82, 2.24) is 0 Å². The molecule has 2 aliphatic carbocycles. The minimum absolute atomic E-state index is 0.139. The maximum atomic E-state index is 12.3. The van der Waals surface area contributed by atoms with E-state index in [1.165, 1.54) is 22.3 Å². The van der Waals surface area contributed by atoms with Crippen molar-refractivity contribution in [3.63, 3.8) is 0 Å². The van der Waals surface area contributed by atoms with Crippen molar-refractivity contribution in [2.45, 2.75) is 25.7 Å². The summed E-state index contributed by atoms with van der Waals surface area (Å²) in [5, 5.41) is 59.3. The number of carbonyl (C=O) groups excluding carboxylic acids is 2. The second-order valence-corrected chi connectivity index (χ2v) is 17.3. The Morgan fingerprint density at radius 3 is 0.615 bits per heavy atom. The van der Waals surface area contributed by atoms with Gasteiger partial charge in [-0.25, -0.2) is 0 Å². The molecule has 0 saturated heterocycles. The maximum absolute atomic E-state index is 12.3. The Morgan fingerprint density at radius 1 is 0.244 bits per heavy atom. The molecule has 0 atom stereocenters. The number of fused-ring (bicyclic) bond motifs is 8. The predicted molar refractivity (Wildman–Crippen MR) is 324 cm³/mol. The molecule has 0 aliphatic heterocycles. The zero-order valence-corrected chi connectivity index (χ0v) is 47.0. The van der Waals surface area contributed by atoms with Gasteiger partial charge in [0.1, 0.15) is 0 Å². The first kappa shape index (κ1) is 68.6. The van der Waals surface area contributed by atoms with Gasteiger partial charge < -0.3 is 40.9 Å². The SMILES string of the molecule is CO.CO.CO.CO.CO.CO.CO.CO.O=C1c2ccccc2CCc2ccccc21.O=C1c2ccccc2CCc2ccccc21.O=c1c2ccccc2sc2ccccc12.O=c1c2ccccc2sc2ccccc12. The Balaban J connectivity index is 0.000000478. The fourth-order valence-corrected chi connectivity index (χ4v) is 10.3. The minimum atomic E-state index is 0.139. The van der Waals surface area contributed by atoms with E-state index in [4.69, 9.17) is 40.9 Å². The summed E-state index contributed by atoms with van der Waals surface area (Å²) in [7, 11) is 8.00. The zero-order valence-electron chi connectivity index (χ0n) is 45.3. The molecule has 0 saturated carbocycles. The summed E-state index contributed by atoms with van der Waals surface area (Å²) in [5.74, 6) is 0.340. The number of rotatable bonds is 0. The summed E-state index contributed by atoms with van der Waals surface area (Å²) in [6.07, 6.45) is 3.83. The molecule has 2 aliphatic rings. The highest BCUT2D eigenvalue weighted by molar-refractivity contribution is 7.24. The number of hydrogen-bond acceptors (Lipinski definition) is 14. The van der Waals surface area contributed by atoms with Crippen LogP contribution in [-0.2, 0) is 25.7 Å². The van der Waals surface area contributed by atoms with Crippen LogP contribution in [0.1, 0.15) is 54.1 Å². The Morgan fingerprint density at radius 2 is 0.410 bits per heavy atom. The summed E-state index contributed by atoms with van der Waals surface area (Å²) in [4.78, 5) is 48.8. The molecule has 14 heteroatoms. The van der Waals surface area contributed by atoms with E-state index < -0.39 is 0 Å². The van der Waals surface area contributed by atoms with Crippen LogP contribution in [0.2, 0.25) is 0 Å². The summed E-state index contributed by atoms with van der Waals surface area (Å²) < 4.78 is 4.23. The van der Waals surface area contributed by atoms with Gasteiger partial charge in [0.05, 0.1) is 0 Å². The molecule has 12 rings (SSSR count). The van der Waals surface area contributed by atoms with Crippen LogP contribution in [0.4, 0.5) is 0 Å². The van der Waals surface area contributed by atoms with Crippen LogP contribution in [0.3, 0.4) is 0 Å². The molecule has 0 bridgehead atoms. The van der Waals surface area contributed by atoms with Crippen molar-refractivity contribution < 1.29 is 50.4 Å². The second-order valence-electron chi connectivity index (χ2n) is 15.1. The number of aliphatic hydroxyl groups excluding tert-OH is 8. The minimum Gasteiger partial charge on any atom is -0.400 e. The molecule has 0 spiro atoms. The average Bonchev–Trinajstić information content (AvgIpc) is 3.79. The fourth-order valence-electron chi connectivity index (χ4n) is 8.17. The van der Waals surface area contributed by atoms with Crippen LogP contribution < -0.4 is 10.9 Å². The van der Waals surface area contributed by atoms with E-state index in [1.807, 2.05) is 170 Å². The van der Waals surface area contributed by atoms with E-state index in [2.05, 4.69) is 24.3 Å². The Bertz CT molecular complexity index is 3000. The third-order valence-corrected chi connectivity index (χ3v) is 13.6. The molecule has 12 nitrogen and oxygen atoms in total. The largest absolute Gasteiger partial charge is 0.400 e. The van der Waals surface area contributed by atoms with Crippen LogP contribution in [0.15, 0.2) is 204 Å². The molecular formula is C64H72O12S2. The molecule has 2 heterocycles. The van der Waals surface area contributed by atoms with E-state index in [9.17, 15) is 19.2 Å². The van der Waals surface area contributed by atoms with E-state index in [0.717, 1.165) is 145 Å². The van der Waals surface area contributed by atoms with Gasteiger partial charge in [-0.15, -0.1) is 22.7 Å². The summed E-state index contributed by atoms with van der Waals surface area (Å²) in [6.45, 7) is 0. The lowest BCUT2D eigenvalue weighted by Crippen LogP contribution is -2.03. The molecule has 2 aromatic heterocycles. The van der Waals surface area contributed by atoms with Gasteiger partial charge in [-0.2, -0.15) is 0 Å². The van der Waals surface area contributed by atoms with Crippen molar-refractivity contribution in [2.24, 2.45) is 0 Å². The monoisotopic (exact) mass is 1100 g/mol. The standard InChI is InChI=1S/2C15H12O.2C13H8OS.8CH4O/c2*16-15-13-7-3-1-5-11(13)9-10-12-6-2-4-8-14(12)15;2*14-13-9-5-1-3-7-11(9)15-12-8-4-2-6-10(12)13;8*1-2/h2*1-8H,9-10H2;2*1-8H;8*2H,1H3. The molecule has 0 unspecified atom stereocenters. The smallest absolute Gasteiger partial charge is 0.195 e. The average molecular weight is 1100 g/mol. The first-order valence-corrected chi connectivity index (χ1v) is 25.9. The van der Waals surface area contributed by atoms with Crippen LogP contribution in [-0.4, -0.2) is 109 Å². The summed E-state index contributed by atoms with van der Waals surface area (Å²) >= 11 is 3.33. The lowest BCUT2D eigenvalue weighted by Gasteiger charge is -2.03. The van der Waals surface area contributed by atoms with Crippen molar-refractivity contribution in [3.8, 4) is 0 Å². The topological polar surface area (TPSA) is 230 Å². The third kappa shape index (κ3) is 18.4. The van der Waals surface area contributed by atoms with Crippen LogP contribution >= 0.6 is 22.7 Å². The Hall–Kier alpha value is -7.44. The van der Waals surface area contributed by atoms with E-state index in [0.29, 0.717) is 0 Å². The highest BCUT2D eigenvalue weighted by atomic mass is 32.1. The Kier molecular flexibility index (Phi) is 35.1. The lowest BCUT2D eigenvalue weighted by molar-refractivity contribution is 0.103. The molecule has 0 amide bonds. The van der Waals surface area contributed by atoms with E-state index in [-0.39, 0.29) is 22.4 Å². The van der Waals surface area contributed by atoms with Crippen molar-refractivity contribution in [2.75, 3.05) is 56.9 Å². The van der Waals surface area contributed by atoms with Crippen LogP contribution in [0.25, 0.3) is 40.3 Å². The molecule has 78 heavy (non-hydrogen) atoms. The first-order valence-electron chi connectivity index (χ1n) is 24.2. The first-order chi connectivity index (χ1) is 38.4. The zero-order chi connectivity index (χ0) is 58.4.